The minimum Gasteiger partial charge on any atom is -0.610 e. The Morgan fingerprint density at radius 1 is 1.27 bits per heavy atom. The van der Waals surface area contributed by atoms with Crippen LogP contribution in [0.5, 0.6) is 0 Å². The monoisotopic (exact) mass is 589 g/mol. The van der Waals surface area contributed by atoms with Crippen LogP contribution < -0.4 is 5.32 Å². The molecule has 2 atom stereocenters. The maximum atomic E-state index is 13.9. The first kappa shape index (κ1) is 31.9. The minimum absolute atomic E-state index is 0.0803. The summed E-state index contributed by atoms with van der Waals surface area (Å²) in [4.78, 5) is 34.8. The van der Waals surface area contributed by atoms with Gasteiger partial charge in [0.05, 0.1) is 17.1 Å². The molecular formula is C28H34F3N7O2S. The Hall–Kier alpha value is -3.58. The molecule has 0 amide bonds. The third kappa shape index (κ3) is 8.23. The Bertz CT molecular complexity index is 1360. The van der Waals surface area contributed by atoms with E-state index in [0.29, 0.717) is 33.7 Å². The number of hydrogen-bond donors (Lipinski definition) is 1. The van der Waals surface area contributed by atoms with E-state index in [-0.39, 0.29) is 35.5 Å². The predicted molar refractivity (Wildman–Crippen MR) is 154 cm³/mol. The van der Waals surface area contributed by atoms with Crippen molar-refractivity contribution in [2.45, 2.75) is 70.2 Å². The first-order valence-corrected chi connectivity index (χ1v) is 14.4. The zero-order valence-electron chi connectivity index (χ0n) is 23.9. The zero-order chi connectivity index (χ0) is 30.5. The second-order valence-corrected chi connectivity index (χ2v) is 11.3. The number of halogens is 3. The zero-order valence-corrected chi connectivity index (χ0v) is 24.7. The van der Waals surface area contributed by atoms with E-state index in [1.54, 1.807) is 32.9 Å². The van der Waals surface area contributed by atoms with Gasteiger partial charge in [0.1, 0.15) is 24.3 Å². The summed E-state index contributed by atoms with van der Waals surface area (Å²) >= 11 is -1.24. The second-order valence-electron chi connectivity index (χ2n) is 9.98. The fourth-order valence-electron chi connectivity index (χ4n) is 3.89. The lowest BCUT2D eigenvalue weighted by atomic mass is 10.1. The summed E-state index contributed by atoms with van der Waals surface area (Å²) in [7, 11) is 1.28. The lowest BCUT2D eigenvalue weighted by Crippen LogP contribution is -2.45. The molecule has 220 valence electrons. The van der Waals surface area contributed by atoms with Gasteiger partial charge in [-0.3, -0.25) is 4.79 Å². The molecule has 2 aromatic heterocycles. The molecule has 2 aromatic rings. The molecule has 0 saturated heterocycles. The highest BCUT2D eigenvalue weighted by molar-refractivity contribution is 7.90. The molecule has 0 bridgehead atoms. The van der Waals surface area contributed by atoms with Gasteiger partial charge in [-0.15, -0.1) is 0 Å². The molecule has 1 saturated carbocycles. The van der Waals surface area contributed by atoms with Gasteiger partial charge in [0.15, 0.2) is 18.0 Å². The summed E-state index contributed by atoms with van der Waals surface area (Å²) in [6, 6.07) is 1.40. The molecule has 0 aromatic carbocycles. The van der Waals surface area contributed by atoms with Crippen molar-refractivity contribution in [3.8, 4) is 0 Å². The van der Waals surface area contributed by atoms with E-state index in [2.05, 4.69) is 36.8 Å². The maximum Gasteiger partial charge on any atom is 0.408 e. The summed E-state index contributed by atoms with van der Waals surface area (Å²) in [5.41, 5.74) is 3.47. The highest BCUT2D eigenvalue weighted by Gasteiger charge is 2.41. The lowest BCUT2D eigenvalue weighted by molar-refractivity contribution is -0.166. The van der Waals surface area contributed by atoms with Gasteiger partial charge in [-0.1, -0.05) is 6.58 Å². The quantitative estimate of drug-likeness (QED) is 0.184. The van der Waals surface area contributed by atoms with Gasteiger partial charge in [-0.25, -0.2) is 24.9 Å². The Labute approximate surface area is 241 Å². The number of carbonyl (C=O) groups is 1. The van der Waals surface area contributed by atoms with Crippen LogP contribution in [-0.2, 0) is 22.5 Å². The Morgan fingerprint density at radius 2 is 1.95 bits per heavy atom. The number of nitrogens with one attached hydrogen (secondary N) is 1. The standard InChI is InChI=1S/C28H34F3N7O2S/c1-16(2)25(37-22(14-39)32-12-20-8-11-23(33-13-20)41(7)40)27(38(6)19(5)28(29,30)31)36-18(4)24-17(3)34-15-35-26(24)21-9-10-21/h8,11,13-15,19,21H,4,9-10,12H2,1-3,5-7H3,(H,32,37)/b36-27+/t19-,41?/m0/s1. The van der Waals surface area contributed by atoms with Crippen molar-refractivity contribution in [2.24, 2.45) is 9.98 Å². The van der Waals surface area contributed by atoms with E-state index in [1.807, 2.05) is 0 Å². The van der Waals surface area contributed by atoms with Crippen LogP contribution in [0.25, 0.3) is 5.70 Å². The fraction of sp³-hybridized carbons (Fsp3) is 0.429. The number of nitrogens with zero attached hydrogens (tertiary/aromatic N) is 6. The van der Waals surface area contributed by atoms with Crippen LogP contribution in [0.4, 0.5) is 13.2 Å². The molecule has 1 aliphatic carbocycles. The Morgan fingerprint density at radius 3 is 2.46 bits per heavy atom. The first-order chi connectivity index (χ1) is 19.2. The predicted octanol–water partition coefficient (Wildman–Crippen LogP) is 4.73. The van der Waals surface area contributed by atoms with Gasteiger partial charge in [0.2, 0.25) is 5.03 Å². The largest absolute Gasteiger partial charge is 0.610 e. The second kappa shape index (κ2) is 13.4. The van der Waals surface area contributed by atoms with Crippen LogP contribution in [0.2, 0.25) is 0 Å². The first-order valence-electron chi connectivity index (χ1n) is 12.9. The maximum absolute atomic E-state index is 13.9. The Kier molecular flexibility index (Phi) is 10.4. The van der Waals surface area contributed by atoms with Gasteiger partial charge < -0.3 is 14.8 Å². The smallest absolute Gasteiger partial charge is 0.408 e. The van der Waals surface area contributed by atoms with Crippen molar-refractivity contribution in [3.05, 3.63) is 65.0 Å². The topological polar surface area (TPSA) is 119 Å². The number of aryl methyl sites for hydroxylation is 1. The van der Waals surface area contributed by atoms with Crippen molar-refractivity contribution < 1.29 is 22.5 Å². The molecule has 0 spiro atoms. The lowest BCUT2D eigenvalue weighted by Gasteiger charge is -2.30. The van der Waals surface area contributed by atoms with Crippen LogP contribution in [0.15, 0.2) is 57.5 Å². The normalized spacial score (nSPS) is 15.7. The molecule has 13 heteroatoms. The number of alkyl halides is 3. The van der Waals surface area contributed by atoms with E-state index < -0.39 is 23.4 Å². The Balaban J connectivity index is 2.04. The van der Waals surface area contributed by atoms with Crippen LogP contribution in [0, 0.1) is 6.92 Å². The van der Waals surface area contributed by atoms with E-state index in [9.17, 15) is 22.5 Å². The molecule has 0 aliphatic heterocycles. The number of rotatable bonds is 10. The molecule has 2 heterocycles. The number of aliphatic imine (C=N–C) groups is 2. The number of carbonyl (C=O) groups excluding carboxylic acids is 1. The van der Waals surface area contributed by atoms with Crippen molar-refractivity contribution >= 4 is 34.8 Å². The highest BCUT2D eigenvalue weighted by Crippen LogP contribution is 2.42. The van der Waals surface area contributed by atoms with Crippen LogP contribution in [-0.4, -0.2) is 67.9 Å². The van der Waals surface area contributed by atoms with Gasteiger partial charge in [0, 0.05) is 48.5 Å². The molecule has 41 heavy (non-hydrogen) atoms. The number of aromatic nitrogens is 3. The molecule has 1 aliphatic rings. The van der Waals surface area contributed by atoms with Crippen LogP contribution in [0.3, 0.4) is 0 Å². The van der Waals surface area contributed by atoms with Crippen molar-refractivity contribution in [2.75, 3.05) is 13.3 Å². The van der Waals surface area contributed by atoms with Crippen molar-refractivity contribution in [1.82, 2.24) is 25.2 Å². The van der Waals surface area contributed by atoms with E-state index in [4.69, 9.17) is 0 Å². The van der Waals surface area contributed by atoms with Crippen molar-refractivity contribution in [1.29, 1.82) is 0 Å². The third-order valence-corrected chi connectivity index (χ3v) is 7.37. The fourth-order valence-corrected chi connectivity index (χ4v) is 4.35. The molecule has 1 N–H and O–H groups in total. The van der Waals surface area contributed by atoms with Crippen LogP contribution >= 0.6 is 0 Å². The minimum atomic E-state index is -4.56. The molecule has 1 fully saturated rings. The summed E-state index contributed by atoms with van der Waals surface area (Å²) in [5.74, 6) is -0.00218. The summed E-state index contributed by atoms with van der Waals surface area (Å²) < 4.78 is 53.2. The van der Waals surface area contributed by atoms with Gasteiger partial charge in [-0.05, 0) is 57.7 Å². The average molecular weight is 590 g/mol. The number of amidine groups is 2. The van der Waals surface area contributed by atoms with E-state index >= 15 is 0 Å². The number of pyridine rings is 1. The van der Waals surface area contributed by atoms with Gasteiger partial charge >= 0.3 is 6.18 Å². The highest BCUT2D eigenvalue weighted by atomic mass is 32.2. The molecular weight excluding hydrogens is 555 g/mol. The molecule has 1 unspecified atom stereocenters. The molecule has 3 rings (SSSR count). The summed E-state index contributed by atoms with van der Waals surface area (Å²) in [6.07, 6.45) is 2.31. The molecule has 9 nitrogen and oxygen atoms in total. The van der Waals surface area contributed by atoms with Crippen LogP contribution in [0.1, 0.15) is 62.0 Å². The summed E-state index contributed by atoms with van der Waals surface area (Å²) in [5, 5.41) is 3.31. The van der Waals surface area contributed by atoms with E-state index in [0.717, 1.165) is 30.4 Å². The number of aldehydes is 1. The van der Waals surface area contributed by atoms with Gasteiger partial charge in [-0.2, -0.15) is 13.2 Å². The number of hydrogen-bond acceptors (Lipinski definition) is 7. The van der Waals surface area contributed by atoms with Gasteiger partial charge in [0.25, 0.3) is 0 Å². The average Bonchev–Trinajstić information content (AvgIpc) is 3.76. The number of allylic oxidation sites excluding steroid dienone is 1. The third-order valence-electron chi connectivity index (χ3n) is 6.54. The van der Waals surface area contributed by atoms with E-state index in [1.165, 1.54) is 25.8 Å². The molecule has 0 radical (unpaired) electrons. The summed E-state index contributed by atoms with van der Waals surface area (Å²) in [6.45, 7) is 10.4. The van der Waals surface area contributed by atoms with Crippen molar-refractivity contribution in [3.63, 3.8) is 0 Å². The number of likely N-dealkylation sites (N-methyl/N-ethyl adjacent to an activating group) is 1. The SMILES string of the molecule is C=C(/N=C(\C(/N=C(\C=O)NCc1ccc([S+](C)[O-])nc1)=C(C)C)N(C)[C@@H](C)C(F)(F)F)c1c(C)ncnc1C1CC1.